The molecular weight excluding hydrogens is 182 g/mol. The highest BCUT2D eigenvalue weighted by molar-refractivity contribution is 5.45. The third-order valence-electron chi connectivity index (χ3n) is 1.72. The van der Waals surface area contributed by atoms with Gasteiger partial charge in [0.1, 0.15) is 0 Å². The maximum Gasteiger partial charge on any atom is 0.196 e. The first kappa shape index (κ1) is 8.49. The topological polar surface area (TPSA) is 78.8 Å². The number of hydrogen-bond donors (Lipinski definition) is 1. The van der Waals surface area contributed by atoms with Gasteiger partial charge in [-0.3, -0.25) is 0 Å². The van der Waals surface area contributed by atoms with Crippen molar-refractivity contribution < 1.29 is 4.74 Å². The van der Waals surface area contributed by atoms with Crippen molar-refractivity contribution in [2.75, 3.05) is 12.8 Å². The predicted molar refractivity (Wildman–Crippen MR) is 50.1 cm³/mol. The summed E-state index contributed by atoms with van der Waals surface area (Å²) in [5.74, 6) is 1.48. The number of hydrogen-bond acceptors (Lipinski definition) is 5. The standard InChI is InChI=1S/C8H9N5O/c1-14-6-4-12-13(5-6)8-7(9)10-2-3-11-8/h2-5H,1H3,(H2,9,10). The van der Waals surface area contributed by atoms with Crippen LogP contribution in [-0.2, 0) is 0 Å². The summed E-state index contributed by atoms with van der Waals surface area (Å²) in [7, 11) is 1.57. The Balaban J connectivity index is 2.44. The van der Waals surface area contributed by atoms with E-state index >= 15 is 0 Å². The Morgan fingerprint density at radius 2 is 2.14 bits per heavy atom. The molecular formula is C8H9N5O. The molecule has 2 heterocycles. The van der Waals surface area contributed by atoms with Crippen LogP contribution in [0.1, 0.15) is 0 Å². The van der Waals surface area contributed by atoms with E-state index in [0.29, 0.717) is 17.4 Å². The number of aromatic nitrogens is 4. The zero-order valence-electron chi connectivity index (χ0n) is 7.58. The van der Waals surface area contributed by atoms with Gasteiger partial charge in [0.2, 0.25) is 0 Å². The molecule has 0 aliphatic heterocycles. The van der Waals surface area contributed by atoms with Crippen LogP contribution in [-0.4, -0.2) is 26.9 Å². The van der Waals surface area contributed by atoms with Crippen LogP contribution in [0.5, 0.6) is 5.75 Å². The minimum Gasteiger partial charge on any atom is -0.493 e. The summed E-state index contributed by atoms with van der Waals surface area (Å²) >= 11 is 0. The maximum atomic E-state index is 5.63. The van der Waals surface area contributed by atoms with E-state index in [-0.39, 0.29) is 0 Å². The van der Waals surface area contributed by atoms with Crippen molar-refractivity contribution in [1.29, 1.82) is 0 Å². The average Bonchev–Trinajstić information content (AvgIpc) is 2.67. The Kier molecular flexibility index (Phi) is 2.02. The number of methoxy groups -OCH3 is 1. The van der Waals surface area contributed by atoms with E-state index in [1.54, 1.807) is 25.7 Å². The lowest BCUT2D eigenvalue weighted by atomic mass is 10.6. The van der Waals surface area contributed by atoms with Gasteiger partial charge in [-0.1, -0.05) is 0 Å². The summed E-state index contributed by atoms with van der Waals surface area (Å²) in [6.07, 6.45) is 6.34. The SMILES string of the molecule is COc1cnn(-c2nccnc2N)c1. The van der Waals surface area contributed by atoms with Gasteiger partial charge in [-0.2, -0.15) is 5.10 Å². The molecule has 0 bridgehead atoms. The molecule has 6 nitrogen and oxygen atoms in total. The molecule has 0 unspecified atom stereocenters. The van der Waals surface area contributed by atoms with Crippen LogP contribution in [0.2, 0.25) is 0 Å². The van der Waals surface area contributed by atoms with Crippen molar-refractivity contribution in [3.63, 3.8) is 0 Å². The third-order valence-corrected chi connectivity index (χ3v) is 1.72. The van der Waals surface area contributed by atoms with Gasteiger partial charge in [0, 0.05) is 12.4 Å². The van der Waals surface area contributed by atoms with Crippen molar-refractivity contribution >= 4 is 5.82 Å². The number of nitrogen functional groups attached to an aromatic ring is 1. The minimum atomic E-state index is 0.332. The zero-order chi connectivity index (χ0) is 9.97. The molecule has 0 aliphatic carbocycles. The van der Waals surface area contributed by atoms with Gasteiger partial charge in [-0.05, 0) is 0 Å². The molecule has 0 saturated heterocycles. The van der Waals surface area contributed by atoms with E-state index in [9.17, 15) is 0 Å². The quantitative estimate of drug-likeness (QED) is 0.736. The fourth-order valence-electron chi connectivity index (χ4n) is 1.05. The molecule has 0 amide bonds. The van der Waals surface area contributed by atoms with Crippen molar-refractivity contribution in [2.45, 2.75) is 0 Å². The first-order chi connectivity index (χ1) is 6.81. The van der Waals surface area contributed by atoms with Crippen LogP contribution >= 0.6 is 0 Å². The molecule has 0 fully saturated rings. The first-order valence-corrected chi connectivity index (χ1v) is 3.97. The lowest BCUT2D eigenvalue weighted by Crippen LogP contribution is -2.04. The number of rotatable bonds is 2. The van der Waals surface area contributed by atoms with Crippen LogP contribution in [0.4, 0.5) is 5.82 Å². The monoisotopic (exact) mass is 191 g/mol. The molecule has 2 N–H and O–H groups in total. The van der Waals surface area contributed by atoms with Gasteiger partial charge in [-0.15, -0.1) is 0 Å². The maximum absolute atomic E-state index is 5.63. The second-order valence-electron chi connectivity index (χ2n) is 2.59. The lowest BCUT2D eigenvalue weighted by molar-refractivity contribution is 0.414. The number of anilines is 1. The van der Waals surface area contributed by atoms with Crippen LogP contribution in [0.25, 0.3) is 5.82 Å². The Morgan fingerprint density at radius 1 is 1.36 bits per heavy atom. The van der Waals surface area contributed by atoms with E-state index in [4.69, 9.17) is 10.5 Å². The van der Waals surface area contributed by atoms with Gasteiger partial charge < -0.3 is 10.5 Å². The molecule has 0 atom stereocenters. The minimum absolute atomic E-state index is 0.332. The second-order valence-corrected chi connectivity index (χ2v) is 2.59. The number of nitrogens with zero attached hydrogens (tertiary/aromatic N) is 4. The molecule has 0 spiro atoms. The van der Waals surface area contributed by atoms with Crippen molar-refractivity contribution in [3.8, 4) is 11.6 Å². The van der Waals surface area contributed by atoms with Gasteiger partial charge in [0.25, 0.3) is 0 Å². The van der Waals surface area contributed by atoms with E-state index in [2.05, 4.69) is 15.1 Å². The Morgan fingerprint density at radius 3 is 2.79 bits per heavy atom. The number of nitrogens with two attached hydrogens (primary N) is 1. The van der Waals surface area contributed by atoms with E-state index in [1.807, 2.05) is 0 Å². The first-order valence-electron chi connectivity index (χ1n) is 3.97. The normalized spacial score (nSPS) is 10.1. The summed E-state index contributed by atoms with van der Waals surface area (Å²) in [6.45, 7) is 0. The highest BCUT2D eigenvalue weighted by atomic mass is 16.5. The molecule has 0 aliphatic rings. The lowest BCUT2D eigenvalue weighted by Gasteiger charge is -2.01. The molecule has 14 heavy (non-hydrogen) atoms. The average molecular weight is 191 g/mol. The van der Waals surface area contributed by atoms with Gasteiger partial charge >= 0.3 is 0 Å². The van der Waals surface area contributed by atoms with Crippen LogP contribution in [0, 0.1) is 0 Å². The summed E-state index contributed by atoms with van der Waals surface area (Å²) in [4.78, 5) is 7.96. The van der Waals surface area contributed by atoms with E-state index in [1.165, 1.54) is 10.9 Å². The molecule has 2 aromatic heterocycles. The van der Waals surface area contributed by atoms with Gasteiger partial charge in [-0.25, -0.2) is 14.6 Å². The smallest absolute Gasteiger partial charge is 0.196 e. The van der Waals surface area contributed by atoms with Crippen molar-refractivity contribution in [3.05, 3.63) is 24.8 Å². The molecule has 0 aromatic carbocycles. The fourth-order valence-corrected chi connectivity index (χ4v) is 1.05. The zero-order valence-corrected chi connectivity index (χ0v) is 7.58. The Hall–Kier alpha value is -2.11. The second kappa shape index (κ2) is 3.33. The van der Waals surface area contributed by atoms with Crippen LogP contribution < -0.4 is 10.5 Å². The summed E-state index contributed by atoms with van der Waals surface area (Å²) in [6, 6.07) is 0. The molecule has 72 valence electrons. The largest absolute Gasteiger partial charge is 0.493 e. The van der Waals surface area contributed by atoms with E-state index < -0.39 is 0 Å². The van der Waals surface area contributed by atoms with Crippen molar-refractivity contribution in [2.24, 2.45) is 0 Å². The molecule has 0 saturated carbocycles. The summed E-state index contributed by atoms with van der Waals surface area (Å²) in [5.41, 5.74) is 5.63. The van der Waals surface area contributed by atoms with Gasteiger partial charge in [0.15, 0.2) is 17.4 Å². The fraction of sp³-hybridized carbons (Fsp3) is 0.125. The van der Waals surface area contributed by atoms with Crippen LogP contribution in [0.3, 0.4) is 0 Å². The molecule has 6 heteroatoms. The summed E-state index contributed by atoms with van der Waals surface area (Å²) in [5, 5.41) is 4.03. The Labute approximate surface area is 80.4 Å². The Bertz CT molecular complexity index is 439. The summed E-state index contributed by atoms with van der Waals surface area (Å²) < 4.78 is 6.50. The molecule has 0 radical (unpaired) electrons. The highest BCUT2D eigenvalue weighted by Gasteiger charge is 2.05. The predicted octanol–water partition coefficient (Wildman–Crippen LogP) is 0.253. The van der Waals surface area contributed by atoms with Crippen LogP contribution in [0.15, 0.2) is 24.8 Å². The third kappa shape index (κ3) is 1.37. The number of ether oxygens (including phenoxy) is 1. The highest BCUT2D eigenvalue weighted by Crippen LogP contribution is 2.13. The molecule has 2 rings (SSSR count). The van der Waals surface area contributed by atoms with Crippen molar-refractivity contribution in [1.82, 2.24) is 19.7 Å². The van der Waals surface area contributed by atoms with E-state index in [0.717, 1.165) is 0 Å². The van der Waals surface area contributed by atoms with Gasteiger partial charge in [0.05, 0.1) is 19.5 Å². The molecule has 2 aromatic rings.